The summed E-state index contributed by atoms with van der Waals surface area (Å²) in [6.07, 6.45) is 6.77. The zero-order chi connectivity index (χ0) is 11.3. The molecule has 1 heterocycles. The summed E-state index contributed by atoms with van der Waals surface area (Å²) in [5.41, 5.74) is 0. The standard InChI is InChI=1S/C10H13N3OS/c1-4-9(14)12(2)6-7-13(3)10-11-5-8-15-10/h1,5,8H,6-7H2,2-3H3. The first kappa shape index (κ1) is 11.5. The lowest BCUT2D eigenvalue weighted by molar-refractivity contribution is -0.123. The van der Waals surface area contributed by atoms with Crippen LogP contribution in [0.5, 0.6) is 0 Å². The highest BCUT2D eigenvalue weighted by molar-refractivity contribution is 7.13. The highest BCUT2D eigenvalue weighted by Gasteiger charge is 2.07. The van der Waals surface area contributed by atoms with Gasteiger partial charge in [-0.05, 0) is 5.92 Å². The van der Waals surface area contributed by atoms with Gasteiger partial charge in [0.15, 0.2) is 5.13 Å². The molecule has 1 aromatic heterocycles. The summed E-state index contributed by atoms with van der Waals surface area (Å²) >= 11 is 1.57. The molecule has 0 radical (unpaired) electrons. The van der Waals surface area contributed by atoms with Crippen LogP contribution in [0, 0.1) is 12.3 Å². The van der Waals surface area contributed by atoms with Gasteiger partial charge in [-0.3, -0.25) is 4.79 Å². The Morgan fingerprint density at radius 1 is 1.60 bits per heavy atom. The van der Waals surface area contributed by atoms with Crippen molar-refractivity contribution in [3.05, 3.63) is 11.6 Å². The molecule has 0 fully saturated rings. The Labute approximate surface area is 93.5 Å². The highest BCUT2D eigenvalue weighted by atomic mass is 32.1. The molecule has 0 saturated carbocycles. The Kier molecular flexibility index (Phi) is 4.13. The Hall–Kier alpha value is -1.54. The monoisotopic (exact) mass is 223 g/mol. The molecule has 0 aromatic carbocycles. The van der Waals surface area contributed by atoms with Crippen molar-refractivity contribution in [2.75, 3.05) is 32.1 Å². The molecule has 4 nitrogen and oxygen atoms in total. The topological polar surface area (TPSA) is 36.4 Å². The fourth-order valence-corrected chi connectivity index (χ4v) is 1.65. The molecule has 0 spiro atoms. The highest BCUT2D eigenvalue weighted by Crippen LogP contribution is 2.14. The molecule has 15 heavy (non-hydrogen) atoms. The third-order valence-electron chi connectivity index (χ3n) is 1.99. The fourth-order valence-electron chi connectivity index (χ4n) is 1.01. The molecule has 1 rings (SSSR count). The van der Waals surface area contributed by atoms with E-state index in [0.29, 0.717) is 6.54 Å². The largest absolute Gasteiger partial charge is 0.349 e. The first-order chi connectivity index (χ1) is 7.15. The van der Waals surface area contributed by atoms with Crippen molar-refractivity contribution >= 4 is 22.4 Å². The van der Waals surface area contributed by atoms with Crippen LogP contribution in [0.25, 0.3) is 0 Å². The van der Waals surface area contributed by atoms with Crippen LogP contribution in [0.3, 0.4) is 0 Å². The van der Waals surface area contributed by atoms with Crippen LogP contribution in [0.15, 0.2) is 11.6 Å². The third kappa shape index (κ3) is 3.26. The molecule has 0 aliphatic rings. The molecule has 0 bridgehead atoms. The van der Waals surface area contributed by atoms with Gasteiger partial charge in [-0.2, -0.15) is 0 Å². The Morgan fingerprint density at radius 3 is 2.87 bits per heavy atom. The Bertz CT molecular complexity index is 355. The van der Waals surface area contributed by atoms with E-state index in [1.165, 1.54) is 4.90 Å². The first-order valence-electron chi connectivity index (χ1n) is 4.47. The maximum absolute atomic E-state index is 11.1. The number of anilines is 1. The molecule has 0 atom stereocenters. The summed E-state index contributed by atoms with van der Waals surface area (Å²) in [6.45, 7) is 1.32. The van der Waals surface area contributed by atoms with Gasteiger partial charge < -0.3 is 9.80 Å². The van der Waals surface area contributed by atoms with Crippen LogP contribution < -0.4 is 4.90 Å². The quantitative estimate of drug-likeness (QED) is 0.704. The van der Waals surface area contributed by atoms with Crippen molar-refractivity contribution in [1.29, 1.82) is 0 Å². The Balaban J connectivity index is 2.38. The van der Waals surface area contributed by atoms with Gasteiger partial charge in [0.2, 0.25) is 0 Å². The average molecular weight is 223 g/mol. The van der Waals surface area contributed by atoms with Crippen molar-refractivity contribution in [2.24, 2.45) is 0 Å². The fraction of sp³-hybridized carbons (Fsp3) is 0.400. The molecule has 1 aromatic rings. The number of carbonyl (C=O) groups excluding carboxylic acids is 1. The van der Waals surface area contributed by atoms with Crippen LogP contribution in [0.1, 0.15) is 0 Å². The SMILES string of the molecule is C#CC(=O)N(C)CCN(C)c1nccs1. The molecule has 0 aliphatic heterocycles. The van der Waals surface area contributed by atoms with Gasteiger partial charge in [-0.25, -0.2) is 4.98 Å². The molecule has 1 amide bonds. The number of nitrogens with zero attached hydrogens (tertiary/aromatic N) is 3. The molecule has 0 N–H and O–H groups in total. The normalized spacial score (nSPS) is 9.40. The van der Waals surface area contributed by atoms with Gasteiger partial charge in [0.1, 0.15) is 0 Å². The molecule has 0 aliphatic carbocycles. The van der Waals surface area contributed by atoms with E-state index in [1.54, 1.807) is 24.6 Å². The van der Waals surface area contributed by atoms with Gasteiger partial charge >= 0.3 is 0 Å². The maximum Gasteiger partial charge on any atom is 0.298 e. The second-order valence-corrected chi connectivity index (χ2v) is 3.98. The number of carbonyl (C=O) groups is 1. The summed E-state index contributed by atoms with van der Waals surface area (Å²) in [6, 6.07) is 0. The minimum Gasteiger partial charge on any atom is -0.349 e. The zero-order valence-electron chi connectivity index (χ0n) is 8.80. The lowest BCUT2D eigenvalue weighted by atomic mass is 10.5. The van der Waals surface area contributed by atoms with Gasteiger partial charge in [-0.15, -0.1) is 17.8 Å². The molecule has 80 valence electrons. The van der Waals surface area contributed by atoms with Gasteiger partial charge in [0.25, 0.3) is 5.91 Å². The van der Waals surface area contributed by atoms with E-state index in [4.69, 9.17) is 6.42 Å². The van der Waals surface area contributed by atoms with Crippen LogP contribution in [0.2, 0.25) is 0 Å². The van der Waals surface area contributed by atoms with Crippen LogP contribution in [-0.4, -0.2) is 43.0 Å². The third-order valence-corrected chi connectivity index (χ3v) is 2.87. The second-order valence-electron chi connectivity index (χ2n) is 3.11. The number of hydrogen-bond donors (Lipinski definition) is 0. The summed E-state index contributed by atoms with van der Waals surface area (Å²) in [5, 5.41) is 2.86. The number of hydrogen-bond acceptors (Lipinski definition) is 4. The lowest BCUT2D eigenvalue weighted by Gasteiger charge is -2.20. The van der Waals surface area contributed by atoms with Crippen LogP contribution >= 0.6 is 11.3 Å². The van der Waals surface area contributed by atoms with Crippen LogP contribution in [0.4, 0.5) is 5.13 Å². The molecule has 0 saturated heterocycles. The van der Waals surface area contributed by atoms with E-state index in [2.05, 4.69) is 10.9 Å². The number of aromatic nitrogens is 1. The zero-order valence-corrected chi connectivity index (χ0v) is 9.62. The predicted molar refractivity (Wildman–Crippen MR) is 61.9 cm³/mol. The molecule has 0 unspecified atom stereocenters. The average Bonchev–Trinajstić information content (AvgIpc) is 2.77. The minimum absolute atomic E-state index is 0.289. The van der Waals surface area contributed by atoms with E-state index in [-0.39, 0.29) is 5.91 Å². The van der Waals surface area contributed by atoms with E-state index < -0.39 is 0 Å². The van der Waals surface area contributed by atoms with E-state index >= 15 is 0 Å². The van der Waals surface area contributed by atoms with Crippen molar-refractivity contribution in [3.8, 4) is 12.3 Å². The van der Waals surface area contributed by atoms with Crippen molar-refractivity contribution in [3.63, 3.8) is 0 Å². The van der Waals surface area contributed by atoms with Gasteiger partial charge in [-0.1, -0.05) is 0 Å². The van der Waals surface area contributed by atoms with Crippen molar-refractivity contribution in [1.82, 2.24) is 9.88 Å². The van der Waals surface area contributed by atoms with Crippen molar-refractivity contribution in [2.45, 2.75) is 0 Å². The number of amides is 1. The smallest absolute Gasteiger partial charge is 0.298 e. The van der Waals surface area contributed by atoms with E-state index in [9.17, 15) is 4.79 Å². The van der Waals surface area contributed by atoms with E-state index in [0.717, 1.165) is 11.7 Å². The van der Waals surface area contributed by atoms with Gasteiger partial charge in [0, 0.05) is 38.8 Å². The Morgan fingerprint density at radius 2 is 2.33 bits per heavy atom. The summed E-state index contributed by atoms with van der Waals surface area (Å²) < 4.78 is 0. The van der Waals surface area contributed by atoms with Crippen molar-refractivity contribution < 1.29 is 4.79 Å². The summed E-state index contributed by atoms with van der Waals surface area (Å²) in [7, 11) is 3.63. The molecular formula is C10H13N3OS. The number of likely N-dealkylation sites (N-methyl/N-ethyl adjacent to an activating group) is 2. The lowest BCUT2D eigenvalue weighted by Crippen LogP contribution is -2.33. The minimum atomic E-state index is -0.289. The first-order valence-corrected chi connectivity index (χ1v) is 5.35. The second kappa shape index (κ2) is 5.37. The van der Waals surface area contributed by atoms with Crippen LogP contribution in [-0.2, 0) is 4.79 Å². The predicted octanol–water partition coefficient (Wildman–Crippen LogP) is 0.671. The number of thiazole rings is 1. The van der Waals surface area contributed by atoms with Gasteiger partial charge in [0.05, 0.1) is 0 Å². The maximum atomic E-state index is 11.1. The number of rotatable bonds is 4. The summed E-state index contributed by atoms with van der Waals surface area (Å²) in [5.74, 6) is 1.79. The number of terminal acetylenes is 1. The summed E-state index contributed by atoms with van der Waals surface area (Å²) in [4.78, 5) is 18.7. The van der Waals surface area contributed by atoms with E-state index in [1.807, 2.05) is 17.3 Å². The molecular weight excluding hydrogens is 210 g/mol. The molecule has 5 heteroatoms.